The first-order chi connectivity index (χ1) is 13.6. The summed E-state index contributed by atoms with van der Waals surface area (Å²) in [6.07, 6.45) is 5.48. The predicted molar refractivity (Wildman–Crippen MR) is 107 cm³/mol. The van der Waals surface area contributed by atoms with Crippen LogP contribution in [-0.4, -0.2) is 45.3 Å². The van der Waals surface area contributed by atoms with Crippen molar-refractivity contribution in [2.45, 2.75) is 45.1 Å². The summed E-state index contributed by atoms with van der Waals surface area (Å²) < 4.78 is 7.78. The van der Waals surface area contributed by atoms with Gasteiger partial charge in [0.25, 0.3) is 0 Å². The third-order valence-electron chi connectivity index (χ3n) is 5.80. The number of nitrogens with one attached hydrogen (secondary N) is 1. The first-order valence-corrected chi connectivity index (χ1v) is 10.2. The molecule has 150 valence electrons. The fourth-order valence-electron chi connectivity index (χ4n) is 4.09. The van der Waals surface area contributed by atoms with Crippen LogP contribution in [0.5, 0.6) is 0 Å². The van der Waals surface area contributed by atoms with E-state index in [1.54, 1.807) is 0 Å². The largest absolute Gasteiger partial charge is 0.368 e. The van der Waals surface area contributed by atoms with Crippen LogP contribution in [0.15, 0.2) is 24.3 Å². The summed E-state index contributed by atoms with van der Waals surface area (Å²) in [5.41, 5.74) is 1.92. The van der Waals surface area contributed by atoms with Crippen molar-refractivity contribution in [3.63, 3.8) is 0 Å². The molecule has 0 spiro atoms. The van der Waals surface area contributed by atoms with Crippen LogP contribution in [0, 0.1) is 12.8 Å². The molecule has 1 aliphatic heterocycles. The summed E-state index contributed by atoms with van der Waals surface area (Å²) in [5, 5.41) is 7.67. The lowest BCUT2D eigenvalue weighted by molar-refractivity contribution is -0.144. The molecule has 2 aliphatic rings. The van der Waals surface area contributed by atoms with E-state index in [9.17, 15) is 4.79 Å². The van der Waals surface area contributed by atoms with Crippen molar-refractivity contribution < 1.29 is 9.53 Å². The Bertz CT molecular complexity index is 808. The van der Waals surface area contributed by atoms with Crippen LogP contribution in [0.25, 0.3) is 0 Å². The van der Waals surface area contributed by atoms with E-state index in [2.05, 4.69) is 10.4 Å². The Morgan fingerprint density at radius 2 is 2.04 bits per heavy atom. The molecule has 0 radical (unpaired) electrons. The number of amides is 1. The number of hydrogen-bond acceptors (Lipinski definition) is 5. The van der Waals surface area contributed by atoms with E-state index < -0.39 is 0 Å². The second-order valence-corrected chi connectivity index (χ2v) is 7.85. The number of rotatable bonds is 4. The molecule has 1 N–H and O–H groups in total. The Balaban J connectivity index is 1.43. The molecule has 1 atom stereocenters. The van der Waals surface area contributed by atoms with E-state index in [4.69, 9.17) is 9.72 Å². The second-order valence-electron chi connectivity index (χ2n) is 7.85. The van der Waals surface area contributed by atoms with E-state index in [1.165, 1.54) is 19.3 Å². The van der Waals surface area contributed by atoms with Gasteiger partial charge in [0.1, 0.15) is 11.9 Å². The molecule has 7 nitrogen and oxygen atoms in total. The highest BCUT2D eigenvalue weighted by Gasteiger charge is 2.31. The normalized spacial score (nSPS) is 20.9. The topological polar surface area (TPSA) is 72.3 Å². The van der Waals surface area contributed by atoms with Crippen LogP contribution in [-0.2, 0) is 16.6 Å². The van der Waals surface area contributed by atoms with E-state index in [0.29, 0.717) is 25.6 Å². The first kappa shape index (κ1) is 18.9. The molecule has 2 aromatic rings. The zero-order valence-corrected chi connectivity index (χ0v) is 16.7. The Hall–Kier alpha value is -2.41. The minimum absolute atomic E-state index is 0.187. The zero-order chi connectivity index (χ0) is 19.5. The Morgan fingerprint density at radius 3 is 2.79 bits per heavy atom. The van der Waals surface area contributed by atoms with Gasteiger partial charge in [-0.05, 0) is 31.9 Å². The van der Waals surface area contributed by atoms with Gasteiger partial charge < -0.3 is 15.0 Å². The Kier molecular flexibility index (Phi) is 5.62. The molecule has 2 fully saturated rings. The van der Waals surface area contributed by atoms with E-state index in [0.717, 1.165) is 35.9 Å². The van der Waals surface area contributed by atoms with Crippen LogP contribution in [0.3, 0.4) is 0 Å². The number of morpholine rings is 1. The van der Waals surface area contributed by atoms with E-state index in [-0.39, 0.29) is 12.0 Å². The monoisotopic (exact) mass is 383 g/mol. The van der Waals surface area contributed by atoms with E-state index >= 15 is 0 Å². The summed E-state index contributed by atoms with van der Waals surface area (Å²) in [5.74, 6) is 1.99. The van der Waals surface area contributed by atoms with Gasteiger partial charge in [-0.3, -0.25) is 9.48 Å². The summed E-state index contributed by atoms with van der Waals surface area (Å²) in [6.45, 7) is 3.82. The van der Waals surface area contributed by atoms with Gasteiger partial charge in [-0.25, -0.2) is 4.98 Å². The van der Waals surface area contributed by atoms with Crippen LogP contribution in [0.2, 0.25) is 0 Å². The molecular weight excluding hydrogens is 354 g/mol. The molecule has 1 saturated carbocycles. The summed E-state index contributed by atoms with van der Waals surface area (Å²) >= 11 is 0. The maximum atomic E-state index is 12.9. The van der Waals surface area contributed by atoms with Gasteiger partial charge in [0.2, 0.25) is 5.91 Å². The van der Waals surface area contributed by atoms with Gasteiger partial charge in [-0.15, -0.1) is 0 Å². The van der Waals surface area contributed by atoms with Gasteiger partial charge in [0, 0.05) is 31.3 Å². The van der Waals surface area contributed by atoms with Crippen molar-refractivity contribution in [2.24, 2.45) is 13.0 Å². The van der Waals surface area contributed by atoms with Gasteiger partial charge in [0.05, 0.1) is 18.8 Å². The SMILES string of the molecule is Cc1cc(Nc2cccc(C3CN(C(=O)C4CCCCC4)CCO3)n2)nn1C. The van der Waals surface area contributed by atoms with Gasteiger partial charge in [-0.2, -0.15) is 5.10 Å². The van der Waals surface area contributed by atoms with Crippen molar-refractivity contribution in [3.05, 3.63) is 35.7 Å². The average molecular weight is 383 g/mol. The van der Waals surface area contributed by atoms with Crippen LogP contribution >= 0.6 is 0 Å². The van der Waals surface area contributed by atoms with Crippen molar-refractivity contribution >= 4 is 17.5 Å². The van der Waals surface area contributed by atoms with Crippen molar-refractivity contribution in [3.8, 4) is 0 Å². The highest BCUT2D eigenvalue weighted by atomic mass is 16.5. The molecule has 1 saturated heterocycles. The third kappa shape index (κ3) is 4.19. The number of hydrogen-bond donors (Lipinski definition) is 1. The number of nitrogens with zero attached hydrogens (tertiary/aromatic N) is 4. The number of carbonyl (C=O) groups excluding carboxylic acids is 1. The lowest BCUT2D eigenvalue weighted by atomic mass is 9.88. The molecule has 28 heavy (non-hydrogen) atoms. The summed E-state index contributed by atoms with van der Waals surface area (Å²) in [7, 11) is 1.91. The Morgan fingerprint density at radius 1 is 1.21 bits per heavy atom. The number of carbonyl (C=O) groups is 1. The first-order valence-electron chi connectivity index (χ1n) is 10.2. The van der Waals surface area contributed by atoms with Crippen molar-refractivity contribution in [1.29, 1.82) is 0 Å². The minimum Gasteiger partial charge on any atom is -0.368 e. The van der Waals surface area contributed by atoms with Crippen molar-refractivity contribution in [1.82, 2.24) is 19.7 Å². The Labute approximate surface area is 166 Å². The quantitative estimate of drug-likeness (QED) is 0.877. The molecule has 7 heteroatoms. The predicted octanol–water partition coefficient (Wildman–Crippen LogP) is 3.35. The van der Waals surface area contributed by atoms with Gasteiger partial charge >= 0.3 is 0 Å². The fourth-order valence-corrected chi connectivity index (χ4v) is 4.09. The molecule has 1 aliphatic carbocycles. The fraction of sp³-hybridized carbons (Fsp3) is 0.571. The highest BCUT2D eigenvalue weighted by Crippen LogP contribution is 2.28. The molecule has 1 unspecified atom stereocenters. The molecule has 0 aromatic carbocycles. The number of ether oxygens (including phenoxy) is 1. The number of anilines is 2. The smallest absolute Gasteiger partial charge is 0.225 e. The maximum Gasteiger partial charge on any atom is 0.225 e. The van der Waals surface area contributed by atoms with Crippen LogP contribution in [0.4, 0.5) is 11.6 Å². The molecular formula is C21H29N5O2. The number of pyridine rings is 1. The molecule has 2 aromatic heterocycles. The van der Waals surface area contributed by atoms with Crippen LogP contribution in [0.1, 0.15) is 49.6 Å². The summed E-state index contributed by atoms with van der Waals surface area (Å²) in [4.78, 5) is 19.6. The van der Waals surface area contributed by atoms with Gasteiger partial charge in [-0.1, -0.05) is 25.3 Å². The molecule has 3 heterocycles. The lowest BCUT2D eigenvalue weighted by Crippen LogP contribution is -2.45. The number of aromatic nitrogens is 3. The molecule has 1 amide bonds. The molecule has 4 rings (SSSR count). The van der Waals surface area contributed by atoms with Gasteiger partial charge in [0.15, 0.2) is 5.82 Å². The zero-order valence-electron chi connectivity index (χ0n) is 16.7. The standard InChI is InChI=1S/C21H29N5O2/c1-15-13-20(24-25(15)2)23-19-10-6-9-17(22-19)18-14-26(11-12-28-18)21(27)16-7-4-3-5-8-16/h6,9-10,13,16,18H,3-5,7-8,11-12,14H2,1-2H3,(H,22,23,24). The lowest BCUT2D eigenvalue weighted by Gasteiger charge is -2.35. The maximum absolute atomic E-state index is 12.9. The van der Waals surface area contributed by atoms with Crippen molar-refractivity contribution in [2.75, 3.05) is 25.0 Å². The second kappa shape index (κ2) is 8.31. The molecule has 0 bridgehead atoms. The summed E-state index contributed by atoms with van der Waals surface area (Å²) in [6, 6.07) is 7.83. The van der Waals surface area contributed by atoms with E-state index in [1.807, 2.05) is 47.8 Å². The number of aryl methyl sites for hydroxylation is 2. The third-order valence-corrected chi connectivity index (χ3v) is 5.80. The highest BCUT2D eigenvalue weighted by molar-refractivity contribution is 5.79. The van der Waals surface area contributed by atoms with Crippen LogP contribution < -0.4 is 5.32 Å². The average Bonchev–Trinajstić information content (AvgIpc) is 3.05. The minimum atomic E-state index is -0.187.